The van der Waals surface area contributed by atoms with Gasteiger partial charge < -0.3 is 4.90 Å². The van der Waals surface area contributed by atoms with E-state index < -0.39 is 0 Å². The summed E-state index contributed by atoms with van der Waals surface area (Å²) >= 11 is 0. The van der Waals surface area contributed by atoms with Gasteiger partial charge in [-0.3, -0.25) is 14.6 Å². The van der Waals surface area contributed by atoms with E-state index in [9.17, 15) is 14.0 Å². The average Bonchev–Trinajstić information content (AvgIpc) is 2.75. The maximum absolute atomic E-state index is 13.6. The van der Waals surface area contributed by atoms with E-state index in [1.807, 2.05) is 19.1 Å². The lowest BCUT2D eigenvalue weighted by molar-refractivity contribution is 0.0697. The van der Waals surface area contributed by atoms with E-state index in [1.165, 1.54) is 29.9 Å². The van der Waals surface area contributed by atoms with E-state index in [1.54, 1.807) is 17.0 Å². The van der Waals surface area contributed by atoms with Gasteiger partial charge in [-0.15, -0.1) is 0 Å². The number of carbonyl (C=O) groups excluding carboxylic acids is 1. The van der Waals surface area contributed by atoms with Gasteiger partial charge in [0.15, 0.2) is 0 Å². The summed E-state index contributed by atoms with van der Waals surface area (Å²) < 4.78 is 14.7. The maximum atomic E-state index is 13.6. The van der Waals surface area contributed by atoms with Gasteiger partial charge in [0.05, 0.1) is 0 Å². The Balaban J connectivity index is 1.53. The molecular weight excluding hydrogens is 395 g/mol. The van der Waals surface area contributed by atoms with Crippen molar-refractivity contribution in [1.29, 1.82) is 0 Å². The lowest BCUT2D eigenvalue weighted by atomic mass is 9.92. The van der Waals surface area contributed by atoms with Crippen molar-refractivity contribution in [2.45, 2.75) is 32.1 Å². The van der Waals surface area contributed by atoms with Crippen LogP contribution in [0, 0.1) is 12.7 Å². The van der Waals surface area contributed by atoms with Gasteiger partial charge in [-0.05, 0) is 67.6 Å². The highest BCUT2D eigenvalue weighted by Gasteiger charge is 2.27. The summed E-state index contributed by atoms with van der Waals surface area (Å²) in [5.41, 5.74) is 3.88. The number of likely N-dealkylation sites (tertiary alicyclic amines) is 1. The van der Waals surface area contributed by atoms with Crippen LogP contribution in [0.5, 0.6) is 0 Å². The number of rotatable bonds is 4. The highest BCUT2D eigenvalue weighted by molar-refractivity contribution is 5.92. The number of benzene rings is 1. The van der Waals surface area contributed by atoms with Crippen LogP contribution in [0.2, 0.25) is 0 Å². The molecule has 1 aliphatic heterocycles. The summed E-state index contributed by atoms with van der Waals surface area (Å²) in [6, 6.07) is 13.6. The van der Waals surface area contributed by atoms with Gasteiger partial charge in [-0.1, -0.05) is 12.1 Å². The Labute approximate surface area is 180 Å². The second-order valence-corrected chi connectivity index (χ2v) is 8.12. The molecule has 31 heavy (non-hydrogen) atoms. The Morgan fingerprint density at radius 3 is 2.77 bits per heavy atom. The molecule has 1 aliphatic rings. The predicted molar refractivity (Wildman–Crippen MR) is 116 cm³/mol. The molecule has 1 amide bonds. The minimum atomic E-state index is -0.247. The minimum Gasteiger partial charge on any atom is -0.337 e. The first-order valence-electron chi connectivity index (χ1n) is 10.4. The Hall–Kier alpha value is -3.35. The van der Waals surface area contributed by atoms with Gasteiger partial charge in [-0.25, -0.2) is 9.07 Å². The fraction of sp³-hybridized carbons (Fsp3) is 0.333. The molecule has 0 spiro atoms. The van der Waals surface area contributed by atoms with E-state index in [4.69, 9.17) is 4.98 Å². The first-order valence-corrected chi connectivity index (χ1v) is 10.4. The van der Waals surface area contributed by atoms with Gasteiger partial charge in [-0.2, -0.15) is 5.10 Å². The number of carbonyl (C=O) groups is 1. The Bertz CT molecular complexity index is 1170. The SMILES string of the molecule is Cc1cc(Cc2cccc(F)c2)cc(C2CCCN(C(=O)c3ccc(=O)n(C)n3)C2)n1. The van der Waals surface area contributed by atoms with Crippen LogP contribution in [0.1, 0.15) is 51.8 Å². The van der Waals surface area contributed by atoms with Crippen molar-refractivity contribution in [2.75, 3.05) is 13.1 Å². The van der Waals surface area contributed by atoms with E-state index in [-0.39, 0.29) is 28.9 Å². The number of amides is 1. The molecule has 1 saturated heterocycles. The van der Waals surface area contributed by atoms with E-state index in [2.05, 4.69) is 11.2 Å². The number of piperidine rings is 1. The zero-order valence-electron chi connectivity index (χ0n) is 17.7. The van der Waals surface area contributed by atoms with E-state index >= 15 is 0 Å². The predicted octanol–water partition coefficient (Wildman–Crippen LogP) is 3.23. The number of hydrogen-bond donors (Lipinski definition) is 0. The summed E-state index contributed by atoms with van der Waals surface area (Å²) in [6.07, 6.45) is 2.45. The molecule has 1 atom stereocenters. The van der Waals surface area contributed by atoms with Crippen LogP contribution in [0.3, 0.4) is 0 Å². The Morgan fingerprint density at radius 2 is 2.00 bits per heavy atom. The van der Waals surface area contributed by atoms with Crippen molar-refractivity contribution in [3.05, 3.63) is 92.9 Å². The second kappa shape index (κ2) is 8.79. The Morgan fingerprint density at radius 1 is 1.16 bits per heavy atom. The van der Waals surface area contributed by atoms with Gasteiger partial charge in [0.1, 0.15) is 11.5 Å². The molecule has 3 aromatic rings. The summed E-state index contributed by atoms with van der Waals surface area (Å²) in [7, 11) is 1.54. The lowest BCUT2D eigenvalue weighted by Crippen LogP contribution is -2.40. The van der Waals surface area contributed by atoms with Gasteiger partial charge in [0.25, 0.3) is 11.5 Å². The molecule has 6 nitrogen and oxygen atoms in total. The molecule has 0 saturated carbocycles. The normalized spacial score (nSPS) is 16.4. The third-order valence-electron chi connectivity index (χ3n) is 5.64. The van der Waals surface area contributed by atoms with Crippen LogP contribution in [-0.2, 0) is 13.5 Å². The van der Waals surface area contributed by atoms with Crippen LogP contribution < -0.4 is 5.56 Å². The van der Waals surface area contributed by atoms with E-state index in [0.717, 1.165) is 35.4 Å². The molecule has 2 aromatic heterocycles. The van der Waals surface area contributed by atoms with Gasteiger partial charge in [0, 0.05) is 43.5 Å². The van der Waals surface area contributed by atoms with Crippen LogP contribution in [0.25, 0.3) is 0 Å². The van der Waals surface area contributed by atoms with Crippen molar-refractivity contribution in [2.24, 2.45) is 7.05 Å². The number of nitrogens with zero attached hydrogens (tertiary/aromatic N) is 4. The van der Waals surface area contributed by atoms with Gasteiger partial charge >= 0.3 is 0 Å². The molecule has 0 radical (unpaired) electrons. The molecule has 7 heteroatoms. The first-order chi connectivity index (χ1) is 14.9. The molecule has 0 N–H and O–H groups in total. The molecule has 4 rings (SSSR count). The van der Waals surface area contributed by atoms with Crippen LogP contribution in [0.4, 0.5) is 4.39 Å². The molecule has 1 fully saturated rings. The molecule has 3 heterocycles. The molecule has 0 aliphatic carbocycles. The fourth-order valence-corrected chi connectivity index (χ4v) is 4.14. The zero-order chi connectivity index (χ0) is 22.0. The largest absolute Gasteiger partial charge is 0.337 e. The van der Waals surface area contributed by atoms with Gasteiger partial charge in [0.2, 0.25) is 0 Å². The van der Waals surface area contributed by atoms with Crippen LogP contribution >= 0.6 is 0 Å². The van der Waals surface area contributed by atoms with Crippen molar-refractivity contribution in [3.63, 3.8) is 0 Å². The molecule has 1 aromatic carbocycles. The van der Waals surface area contributed by atoms with Crippen LogP contribution in [-0.4, -0.2) is 38.7 Å². The lowest BCUT2D eigenvalue weighted by Gasteiger charge is -2.32. The summed E-state index contributed by atoms with van der Waals surface area (Å²) in [6.45, 7) is 3.17. The monoisotopic (exact) mass is 420 g/mol. The van der Waals surface area contributed by atoms with E-state index in [0.29, 0.717) is 19.5 Å². The third kappa shape index (κ3) is 4.87. The molecular formula is C24H25FN4O2. The smallest absolute Gasteiger partial charge is 0.274 e. The standard InChI is InChI=1S/C24H25FN4O2/c1-16-11-18(12-17-5-3-7-20(25)13-17)14-22(26-16)19-6-4-10-29(15-19)24(31)21-8-9-23(30)28(2)27-21/h3,5,7-9,11,13-14,19H,4,6,10,12,15H2,1-2H3. The number of hydrogen-bond acceptors (Lipinski definition) is 4. The molecule has 160 valence electrons. The topological polar surface area (TPSA) is 68.1 Å². The maximum Gasteiger partial charge on any atom is 0.274 e. The molecule has 0 bridgehead atoms. The fourth-order valence-electron chi connectivity index (χ4n) is 4.14. The summed E-state index contributed by atoms with van der Waals surface area (Å²) in [5.74, 6) is -0.290. The third-order valence-corrected chi connectivity index (χ3v) is 5.64. The highest BCUT2D eigenvalue weighted by Crippen LogP contribution is 2.28. The highest BCUT2D eigenvalue weighted by atomic mass is 19.1. The molecule has 1 unspecified atom stereocenters. The van der Waals surface area contributed by atoms with Crippen molar-refractivity contribution in [1.82, 2.24) is 19.7 Å². The summed E-state index contributed by atoms with van der Waals surface area (Å²) in [5, 5.41) is 4.09. The zero-order valence-corrected chi connectivity index (χ0v) is 17.7. The quantitative estimate of drug-likeness (QED) is 0.650. The number of pyridine rings is 1. The second-order valence-electron chi connectivity index (χ2n) is 8.12. The number of aromatic nitrogens is 3. The average molecular weight is 420 g/mol. The summed E-state index contributed by atoms with van der Waals surface area (Å²) in [4.78, 5) is 31.0. The first kappa shape index (κ1) is 20.9. The number of aryl methyl sites for hydroxylation is 2. The van der Waals surface area contributed by atoms with Crippen molar-refractivity contribution < 1.29 is 9.18 Å². The Kier molecular flexibility index (Phi) is 5.93. The minimum absolute atomic E-state index is 0.122. The van der Waals surface area contributed by atoms with Crippen molar-refractivity contribution >= 4 is 5.91 Å². The van der Waals surface area contributed by atoms with Crippen LogP contribution in [0.15, 0.2) is 53.3 Å². The number of halogens is 1. The van der Waals surface area contributed by atoms with Crippen molar-refractivity contribution in [3.8, 4) is 0 Å².